The van der Waals surface area contributed by atoms with Crippen molar-refractivity contribution in [2.45, 2.75) is 19.0 Å². The number of nitrogens with zero attached hydrogens (tertiary/aromatic N) is 1. The van der Waals surface area contributed by atoms with Crippen molar-refractivity contribution in [3.8, 4) is 11.5 Å². The Kier molecular flexibility index (Phi) is 8.06. The summed E-state index contributed by atoms with van der Waals surface area (Å²) in [5.74, 6) is 1.000. The van der Waals surface area contributed by atoms with E-state index in [4.69, 9.17) is 9.47 Å². The second-order valence-electron chi connectivity index (χ2n) is 6.44. The summed E-state index contributed by atoms with van der Waals surface area (Å²) >= 11 is 0. The Morgan fingerprint density at radius 3 is 2.45 bits per heavy atom. The topological polar surface area (TPSA) is 103 Å². The molecule has 2 rings (SSSR count). The normalized spacial score (nSPS) is 11.0. The zero-order valence-corrected chi connectivity index (χ0v) is 16.9. The Labute approximate surface area is 176 Å². The van der Waals surface area contributed by atoms with Gasteiger partial charge >= 0.3 is 6.18 Å². The fraction of sp³-hybridized carbons (Fsp3) is 0.350. The van der Waals surface area contributed by atoms with Gasteiger partial charge in [0.15, 0.2) is 0 Å². The minimum Gasteiger partial charge on any atom is -0.497 e. The number of nitrogens with one attached hydrogen (secondary N) is 2. The number of anilines is 1. The van der Waals surface area contributed by atoms with Gasteiger partial charge in [0.05, 0.1) is 24.7 Å². The van der Waals surface area contributed by atoms with Gasteiger partial charge in [-0.3, -0.25) is 14.9 Å². The van der Waals surface area contributed by atoms with Gasteiger partial charge in [-0.15, -0.1) is 0 Å². The lowest BCUT2D eigenvalue weighted by molar-refractivity contribution is -0.384. The second kappa shape index (κ2) is 10.5. The Balaban J connectivity index is 1.87. The van der Waals surface area contributed by atoms with E-state index in [0.29, 0.717) is 30.5 Å². The van der Waals surface area contributed by atoms with Crippen LogP contribution in [0.3, 0.4) is 0 Å². The third kappa shape index (κ3) is 6.76. The van der Waals surface area contributed by atoms with Crippen LogP contribution in [0.4, 0.5) is 24.5 Å². The Morgan fingerprint density at radius 2 is 1.84 bits per heavy atom. The molecule has 2 aromatic rings. The molecule has 0 fully saturated rings. The molecule has 0 aromatic heterocycles. The van der Waals surface area contributed by atoms with Crippen molar-refractivity contribution in [1.29, 1.82) is 0 Å². The fourth-order valence-corrected chi connectivity index (χ4v) is 2.82. The molecule has 11 heteroatoms. The number of halogens is 3. The predicted molar refractivity (Wildman–Crippen MR) is 107 cm³/mol. The molecule has 31 heavy (non-hydrogen) atoms. The minimum absolute atomic E-state index is 0.0144. The van der Waals surface area contributed by atoms with E-state index in [-0.39, 0.29) is 24.6 Å². The van der Waals surface area contributed by atoms with E-state index in [0.717, 1.165) is 17.7 Å². The standard InChI is InChI=1S/C20H22F3N3O5/c1-30-15-4-6-18(31-2)13(11-15)7-9-25-19(27)8-10-24-16-5-3-14(20(21,22)23)12-17(16)26(28)29/h3-6,11-12,24H,7-10H2,1-2H3,(H,25,27). The number of hydrogen-bond donors (Lipinski definition) is 2. The zero-order valence-electron chi connectivity index (χ0n) is 16.9. The summed E-state index contributed by atoms with van der Waals surface area (Å²) in [5, 5.41) is 16.4. The maximum atomic E-state index is 12.7. The number of benzene rings is 2. The lowest BCUT2D eigenvalue weighted by Gasteiger charge is -2.12. The lowest BCUT2D eigenvalue weighted by atomic mass is 10.1. The van der Waals surface area contributed by atoms with Crippen molar-refractivity contribution in [3.05, 3.63) is 57.6 Å². The second-order valence-corrected chi connectivity index (χ2v) is 6.44. The molecule has 0 aliphatic carbocycles. The van der Waals surface area contributed by atoms with Gasteiger partial charge in [-0.05, 0) is 42.3 Å². The van der Waals surface area contributed by atoms with Gasteiger partial charge in [0.1, 0.15) is 17.2 Å². The highest BCUT2D eigenvalue weighted by Crippen LogP contribution is 2.34. The molecule has 0 aliphatic rings. The van der Waals surface area contributed by atoms with Gasteiger partial charge in [0, 0.05) is 25.6 Å². The largest absolute Gasteiger partial charge is 0.497 e. The maximum Gasteiger partial charge on any atom is 0.416 e. The number of nitro benzene ring substituents is 1. The van der Waals surface area contributed by atoms with Gasteiger partial charge < -0.3 is 20.1 Å². The number of carbonyl (C=O) groups excluding carboxylic acids is 1. The van der Waals surface area contributed by atoms with E-state index in [1.807, 2.05) is 0 Å². The first-order valence-electron chi connectivity index (χ1n) is 9.22. The van der Waals surface area contributed by atoms with Crippen molar-refractivity contribution in [2.24, 2.45) is 0 Å². The van der Waals surface area contributed by atoms with Crippen LogP contribution in [-0.4, -0.2) is 38.1 Å². The molecule has 0 radical (unpaired) electrons. The Bertz CT molecular complexity index is 935. The van der Waals surface area contributed by atoms with E-state index in [1.165, 1.54) is 7.11 Å². The molecule has 2 aromatic carbocycles. The molecule has 1 amide bonds. The number of ether oxygens (including phenoxy) is 2. The fourth-order valence-electron chi connectivity index (χ4n) is 2.82. The van der Waals surface area contributed by atoms with Crippen molar-refractivity contribution in [1.82, 2.24) is 5.32 Å². The van der Waals surface area contributed by atoms with Crippen LogP contribution in [0.2, 0.25) is 0 Å². The molecule has 0 saturated heterocycles. The number of carbonyl (C=O) groups is 1. The van der Waals surface area contributed by atoms with Gasteiger partial charge in [0.25, 0.3) is 5.69 Å². The van der Waals surface area contributed by atoms with E-state index in [1.54, 1.807) is 25.3 Å². The lowest BCUT2D eigenvalue weighted by Crippen LogP contribution is -2.27. The van der Waals surface area contributed by atoms with Crippen LogP contribution in [0.5, 0.6) is 11.5 Å². The number of alkyl halides is 3. The van der Waals surface area contributed by atoms with E-state index < -0.39 is 22.4 Å². The maximum absolute atomic E-state index is 12.7. The van der Waals surface area contributed by atoms with Crippen LogP contribution in [0, 0.1) is 10.1 Å². The molecule has 0 spiro atoms. The first-order valence-corrected chi connectivity index (χ1v) is 9.22. The monoisotopic (exact) mass is 441 g/mol. The van der Waals surface area contributed by atoms with E-state index >= 15 is 0 Å². The summed E-state index contributed by atoms with van der Waals surface area (Å²) < 4.78 is 48.7. The summed E-state index contributed by atoms with van der Waals surface area (Å²) in [6.07, 6.45) is -4.22. The van der Waals surface area contributed by atoms with E-state index in [9.17, 15) is 28.1 Å². The number of amides is 1. The first-order chi connectivity index (χ1) is 14.7. The Hall–Kier alpha value is -3.50. The van der Waals surface area contributed by atoms with Gasteiger partial charge in [0.2, 0.25) is 5.91 Å². The van der Waals surface area contributed by atoms with E-state index in [2.05, 4.69) is 10.6 Å². The SMILES string of the molecule is COc1ccc(OC)c(CCNC(=O)CCNc2ccc(C(F)(F)F)cc2[N+](=O)[O-])c1. The third-order valence-electron chi connectivity index (χ3n) is 4.39. The summed E-state index contributed by atoms with van der Waals surface area (Å²) in [7, 11) is 3.08. The highest BCUT2D eigenvalue weighted by atomic mass is 19.4. The average molecular weight is 441 g/mol. The molecule has 0 unspecified atom stereocenters. The molecule has 0 aliphatic heterocycles. The summed E-state index contributed by atoms with van der Waals surface area (Å²) in [5.41, 5.74) is -1.07. The van der Waals surface area contributed by atoms with Crippen molar-refractivity contribution in [2.75, 3.05) is 32.6 Å². The third-order valence-corrected chi connectivity index (χ3v) is 4.39. The van der Waals surface area contributed by atoms with Crippen LogP contribution in [0.1, 0.15) is 17.5 Å². The molecule has 0 saturated carbocycles. The van der Waals surface area contributed by atoms with Crippen LogP contribution < -0.4 is 20.1 Å². The smallest absolute Gasteiger partial charge is 0.416 e. The van der Waals surface area contributed by atoms with Crippen molar-refractivity contribution in [3.63, 3.8) is 0 Å². The Morgan fingerprint density at radius 1 is 1.10 bits per heavy atom. The highest BCUT2D eigenvalue weighted by molar-refractivity contribution is 5.76. The molecular formula is C20H22F3N3O5. The average Bonchev–Trinajstić information content (AvgIpc) is 2.72. The zero-order chi connectivity index (χ0) is 23.0. The van der Waals surface area contributed by atoms with Gasteiger partial charge in [-0.1, -0.05) is 0 Å². The molecule has 168 valence electrons. The van der Waals surface area contributed by atoms with Crippen LogP contribution >= 0.6 is 0 Å². The number of hydrogen-bond acceptors (Lipinski definition) is 6. The van der Waals surface area contributed by atoms with Crippen LogP contribution in [0.25, 0.3) is 0 Å². The summed E-state index contributed by atoms with van der Waals surface area (Å²) in [6.45, 7) is 0.337. The van der Waals surface area contributed by atoms with Crippen LogP contribution in [-0.2, 0) is 17.4 Å². The highest BCUT2D eigenvalue weighted by Gasteiger charge is 2.33. The van der Waals surface area contributed by atoms with Crippen molar-refractivity contribution >= 4 is 17.3 Å². The molecule has 2 N–H and O–H groups in total. The molecule has 0 atom stereocenters. The molecule has 0 bridgehead atoms. The first kappa shape index (κ1) is 23.8. The molecular weight excluding hydrogens is 419 g/mol. The number of nitro groups is 1. The quantitative estimate of drug-likeness (QED) is 0.430. The van der Waals surface area contributed by atoms with Gasteiger partial charge in [-0.2, -0.15) is 13.2 Å². The number of rotatable bonds is 10. The number of methoxy groups -OCH3 is 2. The van der Waals surface area contributed by atoms with Crippen LogP contribution in [0.15, 0.2) is 36.4 Å². The molecule has 8 nitrogen and oxygen atoms in total. The van der Waals surface area contributed by atoms with Crippen molar-refractivity contribution < 1.29 is 32.4 Å². The summed E-state index contributed by atoms with van der Waals surface area (Å²) in [4.78, 5) is 22.2. The minimum atomic E-state index is -4.69. The predicted octanol–water partition coefficient (Wildman–Crippen LogP) is 3.79. The summed E-state index contributed by atoms with van der Waals surface area (Å²) in [6, 6.07) is 7.51. The molecule has 0 heterocycles. The van der Waals surface area contributed by atoms with Gasteiger partial charge in [-0.25, -0.2) is 0 Å².